The molecular weight excluding hydrogens is 202 g/mol. The number of carbonyl (C=O) groups excluding carboxylic acids is 1. The Labute approximate surface area is 93.7 Å². The molecule has 1 amide bonds. The molecule has 16 heavy (non-hydrogen) atoms. The Morgan fingerprint density at radius 2 is 2.06 bits per heavy atom. The van der Waals surface area contributed by atoms with Crippen molar-refractivity contribution in [1.82, 2.24) is 9.78 Å². The molecular formula is C12H13N3O. The number of hydrogen-bond acceptors (Lipinski definition) is 2. The Hall–Kier alpha value is -2.10. The minimum atomic E-state index is -0.553. The first-order valence-corrected chi connectivity index (χ1v) is 5.05. The highest BCUT2D eigenvalue weighted by Crippen LogP contribution is 2.11. The standard InChI is InChI=1S/C12H13N3O/c1-9-8-15(12(13)16)14-11(9)7-10-5-3-2-4-6-10/h2-6,8H,7H2,1H3,(H2,13,16). The number of nitrogens with zero attached hydrogens (tertiary/aromatic N) is 2. The molecule has 0 saturated carbocycles. The lowest BCUT2D eigenvalue weighted by molar-refractivity contribution is 0.247. The summed E-state index contributed by atoms with van der Waals surface area (Å²) in [4.78, 5) is 10.9. The van der Waals surface area contributed by atoms with Crippen LogP contribution in [0.25, 0.3) is 0 Å². The van der Waals surface area contributed by atoms with Gasteiger partial charge in [0.1, 0.15) is 0 Å². The smallest absolute Gasteiger partial charge is 0.339 e. The van der Waals surface area contributed by atoms with Gasteiger partial charge in [-0.05, 0) is 18.1 Å². The normalized spacial score (nSPS) is 10.3. The molecule has 4 nitrogen and oxygen atoms in total. The van der Waals surface area contributed by atoms with E-state index in [2.05, 4.69) is 5.10 Å². The van der Waals surface area contributed by atoms with Gasteiger partial charge in [-0.2, -0.15) is 9.78 Å². The summed E-state index contributed by atoms with van der Waals surface area (Å²) in [6.07, 6.45) is 2.37. The lowest BCUT2D eigenvalue weighted by atomic mass is 10.1. The van der Waals surface area contributed by atoms with Gasteiger partial charge >= 0.3 is 6.03 Å². The molecule has 82 valence electrons. The second kappa shape index (κ2) is 4.18. The van der Waals surface area contributed by atoms with Crippen LogP contribution in [-0.4, -0.2) is 15.8 Å². The number of primary amides is 1. The number of nitrogens with two attached hydrogens (primary N) is 1. The summed E-state index contributed by atoms with van der Waals surface area (Å²) in [6.45, 7) is 1.92. The molecule has 0 aliphatic heterocycles. The van der Waals surface area contributed by atoms with Crippen molar-refractivity contribution in [2.45, 2.75) is 13.3 Å². The molecule has 0 radical (unpaired) electrons. The molecule has 0 fully saturated rings. The van der Waals surface area contributed by atoms with Gasteiger partial charge in [0.2, 0.25) is 0 Å². The number of hydrogen-bond donors (Lipinski definition) is 1. The van der Waals surface area contributed by atoms with Crippen LogP contribution in [0, 0.1) is 6.92 Å². The lowest BCUT2D eigenvalue weighted by Gasteiger charge is -1.98. The van der Waals surface area contributed by atoms with Crippen LogP contribution in [0.15, 0.2) is 36.5 Å². The Balaban J connectivity index is 2.25. The summed E-state index contributed by atoms with van der Waals surface area (Å²) in [6, 6.07) is 9.44. The first-order chi connectivity index (χ1) is 7.66. The molecule has 1 aromatic heterocycles. The number of amides is 1. The van der Waals surface area contributed by atoms with E-state index in [4.69, 9.17) is 5.73 Å². The zero-order chi connectivity index (χ0) is 11.5. The van der Waals surface area contributed by atoms with Gasteiger partial charge < -0.3 is 5.73 Å². The monoisotopic (exact) mass is 215 g/mol. The quantitative estimate of drug-likeness (QED) is 0.828. The van der Waals surface area contributed by atoms with Gasteiger partial charge in [0.25, 0.3) is 0 Å². The Bertz CT molecular complexity index is 502. The van der Waals surface area contributed by atoms with Crippen molar-refractivity contribution in [3.63, 3.8) is 0 Å². The third-order valence-corrected chi connectivity index (χ3v) is 2.44. The van der Waals surface area contributed by atoms with Crippen molar-refractivity contribution in [2.75, 3.05) is 0 Å². The number of aryl methyl sites for hydroxylation is 1. The molecule has 0 atom stereocenters. The maximum atomic E-state index is 10.9. The van der Waals surface area contributed by atoms with Gasteiger partial charge in [0, 0.05) is 12.6 Å². The van der Waals surface area contributed by atoms with Crippen LogP contribution < -0.4 is 5.73 Å². The maximum Gasteiger partial charge on any atom is 0.339 e. The molecule has 1 aromatic carbocycles. The Morgan fingerprint density at radius 1 is 1.38 bits per heavy atom. The molecule has 0 bridgehead atoms. The molecule has 2 N–H and O–H groups in total. The van der Waals surface area contributed by atoms with Gasteiger partial charge in [0.15, 0.2) is 0 Å². The highest BCUT2D eigenvalue weighted by atomic mass is 16.2. The van der Waals surface area contributed by atoms with Gasteiger partial charge in [-0.1, -0.05) is 30.3 Å². The lowest BCUT2D eigenvalue weighted by Crippen LogP contribution is -2.20. The van der Waals surface area contributed by atoms with E-state index in [9.17, 15) is 4.79 Å². The van der Waals surface area contributed by atoms with E-state index >= 15 is 0 Å². The van der Waals surface area contributed by atoms with Crippen LogP contribution in [0.1, 0.15) is 16.8 Å². The fraction of sp³-hybridized carbons (Fsp3) is 0.167. The van der Waals surface area contributed by atoms with E-state index in [1.54, 1.807) is 6.20 Å². The van der Waals surface area contributed by atoms with Crippen LogP contribution >= 0.6 is 0 Å². The highest BCUT2D eigenvalue weighted by Gasteiger charge is 2.08. The third kappa shape index (κ3) is 2.11. The number of rotatable bonds is 2. The van der Waals surface area contributed by atoms with Crippen LogP contribution in [-0.2, 0) is 6.42 Å². The van der Waals surface area contributed by atoms with Gasteiger partial charge in [-0.3, -0.25) is 0 Å². The van der Waals surface area contributed by atoms with Crippen molar-refractivity contribution in [2.24, 2.45) is 5.73 Å². The average Bonchev–Trinajstić information content (AvgIpc) is 2.62. The predicted molar refractivity (Wildman–Crippen MR) is 61.2 cm³/mol. The molecule has 2 rings (SSSR count). The zero-order valence-corrected chi connectivity index (χ0v) is 9.05. The summed E-state index contributed by atoms with van der Waals surface area (Å²) >= 11 is 0. The number of carbonyl (C=O) groups is 1. The maximum absolute atomic E-state index is 10.9. The van der Waals surface area contributed by atoms with Crippen molar-refractivity contribution in [3.05, 3.63) is 53.3 Å². The topological polar surface area (TPSA) is 60.9 Å². The Morgan fingerprint density at radius 3 is 2.62 bits per heavy atom. The fourth-order valence-electron chi connectivity index (χ4n) is 1.57. The van der Waals surface area contributed by atoms with Gasteiger partial charge in [-0.15, -0.1) is 0 Å². The molecule has 4 heteroatoms. The summed E-state index contributed by atoms with van der Waals surface area (Å²) in [5, 5.41) is 4.15. The first kappa shape index (κ1) is 10.4. The van der Waals surface area contributed by atoms with Crippen molar-refractivity contribution in [3.8, 4) is 0 Å². The predicted octanol–water partition coefficient (Wildman–Crippen LogP) is 1.71. The van der Waals surface area contributed by atoms with Gasteiger partial charge in [-0.25, -0.2) is 4.79 Å². The van der Waals surface area contributed by atoms with E-state index in [0.29, 0.717) is 6.42 Å². The van der Waals surface area contributed by atoms with Crippen LogP contribution in [0.2, 0.25) is 0 Å². The van der Waals surface area contributed by atoms with Crippen LogP contribution in [0.4, 0.5) is 4.79 Å². The molecule has 0 unspecified atom stereocenters. The first-order valence-electron chi connectivity index (χ1n) is 5.05. The summed E-state index contributed by atoms with van der Waals surface area (Å²) < 4.78 is 1.17. The van der Waals surface area contributed by atoms with Crippen molar-refractivity contribution < 1.29 is 4.79 Å². The number of aromatic nitrogens is 2. The summed E-state index contributed by atoms with van der Waals surface area (Å²) in [5.41, 5.74) is 8.17. The zero-order valence-electron chi connectivity index (χ0n) is 9.05. The van der Waals surface area contributed by atoms with Crippen LogP contribution in [0.5, 0.6) is 0 Å². The molecule has 0 aliphatic carbocycles. The Kier molecular flexibility index (Phi) is 2.72. The largest absolute Gasteiger partial charge is 0.350 e. The third-order valence-electron chi connectivity index (χ3n) is 2.44. The van der Waals surface area contributed by atoms with E-state index in [0.717, 1.165) is 11.3 Å². The SMILES string of the molecule is Cc1cn(C(N)=O)nc1Cc1ccccc1. The van der Waals surface area contributed by atoms with E-state index in [-0.39, 0.29) is 0 Å². The average molecular weight is 215 g/mol. The van der Waals surface area contributed by atoms with E-state index in [1.165, 1.54) is 10.2 Å². The molecule has 0 spiro atoms. The summed E-state index contributed by atoms with van der Waals surface area (Å²) in [7, 11) is 0. The van der Waals surface area contributed by atoms with E-state index in [1.807, 2.05) is 37.3 Å². The van der Waals surface area contributed by atoms with E-state index < -0.39 is 6.03 Å². The molecule has 2 aromatic rings. The molecule has 0 saturated heterocycles. The van der Waals surface area contributed by atoms with Crippen LogP contribution in [0.3, 0.4) is 0 Å². The second-order valence-electron chi connectivity index (χ2n) is 3.70. The van der Waals surface area contributed by atoms with Crippen molar-refractivity contribution in [1.29, 1.82) is 0 Å². The highest BCUT2D eigenvalue weighted by molar-refractivity contribution is 5.73. The minimum Gasteiger partial charge on any atom is -0.350 e. The van der Waals surface area contributed by atoms with Gasteiger partial charge in [0.05, 0.1) is 5.69 Å². The number of benzene rings is 1. The molecule has 1 heterocycles. The second-order valence-corrected chi connectivity index (χ2v) is 3.70. The fourth-order valence-corrected chi connectivity index (χ4v) is 1.57. The summed E-state index contributed by atoms with van der Waals surface area (Å²) in [5.74, 6) is 0. The molecule has 0 aliphatic rings. The van der Waals surface area contributed by atoms with Crippen molar-refractivity contribution >= 4 is 6.03 Å². The minimum absolute atomic E-state index is 0.553.